The van der Waals surface area contributed by atoms with E-state index in [4.69, 9.17) is 4.74 Å². The number of rotatable bonds is 7. The van der Waals surface area contributed by atoms with Crippen molar-refractivity contribution in [3.05, 3.63) is 78.6 Å². The van der Waals surface area contributed by atoms with Crippen molar-refractivity contribution in [3.8, 4) is 5.75 Å². The fourth-order valence-electron chi connectivity index (χ4n) is 2.35. The lowest BCUT2D eigenvalue weighted by molar-refractivity contribution is -0.111. The molecule has 1 aromatic heterocycles. The number of amides is 1. The standard InChI is InChI=1S/C21H20N4O2/c1-2-27-18-11-9-17(10-12-18)24-19-14-20(23-15-22-19)25-21(26)13-8-16-6-4-3-5-7-16/h3-15H,2H2,1H3,(H2,22,23,24,25,26)/b13-8+. The normalized spacial score (nSPS) is 10.6. The van der Waals surface area contributed by atoms with Gasteiger partial charge in [0.25, 0.3) is 0 Å². The Balaban J connectivity index is 1.61. The monoisotopic (exact) mass is 360 g/mol. The number of hydrogen-bond acceptors (Lipinski definition) is 5. The van der Waals surface area contributed by atoms with Crippen LogP contribution in [-0.4, -0.2) is 22.5 Å². The minimum Gasteiger partial charge on any atom is -0.494 e. The van der Waals surface area contributed by atoms with E-state index in [2.05, 4.69) is 20.6 Å². The maximum absolute atomic E-state index is 12.1. The predicted octanol–water partition coefficient (Wildman–Crippen LogP) is 4.27. The van der Waals surface area contributed by atoms with Gasteiger partial charge in [0.2, 0.25) is 5.91 Å². The van der Waals surface area contributed by atoms with Crippen molar-refractivity contribution in [3.63, 3.8) is 0 Å². The third-order valence-corrected chi connectivity index (χ3v) is 3.58. The zero-order valence-electron chi connectivity index (χ0n) is 14.9. The number of carbonyl (C=O) groups is 1. The van der Waals surface area contributed by atoms with Crippen LogP contribution >= 0.6 is 0 Å². The molecule has 1 heterocycles. The van der Waals surface area contributed by atoms with Crippen LogP contribution in [0.5, 0.6) is 5.75 Å². The highest BCUT2D eigenvalue weighted by Crippen LogP contribution is 2.20. The number of nitrogens with one attached hydrogen (secondary N) is 2. The highest BCUT2D eigenvalue weighted by molar-refractivity contribution is 6.01. The molecule has 0 bridgehead atoms. The summed E-state index contributed by atoms with van der Waals surface area (Å²) in [6, 6.07) is 18.8. The average Bonchev–Trinajstić information content (AvgIpc) is 2.69. The molecule has 2 N–H and O–H groups in total. The Morgan fingerprint density at radius 2 is 1.78 bits per heavy atom. The third kappa shape index (κ3) is 5.67. The molecular weight excluding hydrogens is 340 g/mol. The van der Waals surface area contributed by atoms with Crippen molar-refractivity contribution >= 4 is 29.3 Å². The van der Waals surface area contributed by atoms with E-state index in [9.17, 15) is 4.79 Å². The second-order valence-corrected chi connectivity index (χ2v) is 5.60. The molecule has 6 heteroatoms. The quantitative estimate of drug-likeness (QED) is 0.615. The zero-order chi connectivity index (χ0) is 18.9. The molecule has 0 aliphatic carbocycles. The minimum absolute atomic E-state index is 0.260. The van der Waals surface area contributed by atoms with E-state index in [0.29, 0.717) is 18.2 Å². The molecule has 136 valence electrons. The van der Waals surface area contributed by atoms with Crippen molar-refractivity contribution in [2.75, 3.05) is 17.2 Å². The van der Waals surface area contributed by atoms with Crippen LogP contribution < -0.4 is 15.4 Å². The van der Waals surface area contributed by atoms with Gasteiger partial charge >= 0.3 is 0 Å². The van der Waals surface area contributed by atoms with Crippen molar-refractivity contribution < 1.29 is 9.53 Å². The molecular formula is C21H20N4O2. The number of anilines is 3. The summed E-state index contributed by atoms with van der Waals surface area (Å²) in [6.45, 7) is 2.57. The molecule has 0 aliphatic heterocycles. The molecule has 0 fully saturated rings. The summed E-state index contributed by atoms with van der Waals surface area (Å²) in [7, 11) is 0. The number of ether oxygens (including phenoxy) is 1. The Bertz CT molecular complexity index is 909. The SMILES string of the molecule is CCOc1ccc(Nc2cc(NC(=O)/C=C/c3ccccc3)ncn2)cc1. The number of benzene rings is 2. The van der Waals surface area contributed by atoms with Crippen molar-refractivity contribution in [1.82, 2.24) is 9.97 Å². The van der Waals surface area contributed by atoms with E-state index in [0.717, 1.165) is 17.0 Å². The molecule has 0 spiro atoms. The van der Waals surface area contributed by atoms with E-state index in [-0.39, 0.29) is 5.91 Å². The molecule has 3 aromatic rings. The molecule has 27 heavy (non-hydrogen) atoms. The first-order valence-electron chi connectivity index (χ1n) is 8.59. The summed E-state index contributed by atoms with van der Waals surface area (Å²) in [5.41, 5.74) is 1.81. The second kappa shape index (κ2) is 9.15. The highest BCUT2D eigenvalue weighted by atomic mass is 16.5. The predicted molar refractivity (Wildman–Crippen MR) is 107 cm³/mol. The molecule has 2 aromatic carbocycles. The summed E-state index contributed by atoms with van der Waals surface area (Å²) >= 11 is 0. The summed E-state index contributed by atoms with van der Waals surface area (Å²) in [6.07, 6.45) is 4.61. The van der Waals surface area contributed by atoms with Crippen LogP contribution in [-0.2, 0) is 4.79 Å². The zero-order valence-corrected chi connectivity index (χ0v) is 14.9. The van der Waals surface area contributed by atoms with Crippen LogP contribution in [0.25, 0.3) is 6.08 Å². The van der Waals surface area contributed by atoms with Gasteiger partial charge in [-0.2, -0.15) is 0 Å². The van der Waals surface area contributed by atoms with Crippen molar-refractivity contribution in [2.45, 2.75) is 6.92 Å². The van der Waals surface area contributed by atoms with Gasteiger partial charge in [0, 0.05) is 17.8 Å². The Morgan fingerprint density at radius 3 is 2.52 bits per heavy atom. The molecule has 0 atom stereocenters. The number of aromatic nitrogens is 2. The van der Waals surface area contributed by atoms with Crippen LogP contribution in [0.1, 0.15) is 12.5 Å². The summed E-state index contributed by atoms with van der Waals surface area (Å²) < 4.78 is 5.42. The lowest BCUT2D eigenvalue weighted by Gasteiger charge is -2.08. The minimum atomic E-state index is -0.260. The molecule has 3 rings (SSSR count). The van der Waals surface area contributed by atoms with Gasteiger partial charge in [-0.1, -0.05) is 30.3 Å². The molecule has 0 aliphatic rings. The van der Waals surface area contributed by atoms with Crippen LogP contribution in [0, 0.1) is 0 Å². The summed E-state index contributed by atoms with van der Waals surface area (Å²) in [5.74, 6) is 1.55. The van der Waals surface area contributed by atoms with Gasteiger partial charge in [-0.15, -0.1) is 0 Å². The van der Waals surface area contributed by atoms with Crippen LogP contribution in [0.3, 0.4) is 0 Å². The van der Waals surface area contributed by atoms with Crippen molar-refractivity contribution in [1.29, 1.82) is 0 Å². The first kappa shape index (κ1) is 18.1. The largest absolute Gasteiger partial charge is 0.494 e. The molecule has 0 unspecified atom stereocenters. The Labute approximate surface area is 157 Å². The Morgan fingerprint density at radius 1 is 1.04 bits per heavy atom. The first-order valence-corrected chi connectivity index (χ1v) is 8.59. The van der Waals surface area contributed by atoms with E-state index in [1.807, 2.05) is 61.5 Å². The third-order valence-electron chi connectivity index (χ3n) is 3.58. The van der Waals surface area contributed by atoms with E-state index < -0.39 is 0 Å². The molecule has 0 radical (unpaired) electrons. The summed E-state index contributed by atoms with van der Waals surface area (Å²) in [5, 5.41) is 5.90. The Kier molecular flexibility index (Phi) is 6.14. The van der Waals surface area contributed by atoms with Gasteiger partial charge in [0.15, 0.2) is 0 Å². The maximum atomic E-state index is 12.1. The van der Waals surface area contributed by atoms with Gasteiger partial charge < -0.3 is 15.4 Å². The van der Waals surface area contributed by atoms with Crippen LogP contribution in [0.15, 0.2) is 73.1 Å². The Hall–Kier alpha value is -3.67. The number of nitrogens with zero attached hydrogens (tertiary/aromatic N) is 2. The molecule has 1 amide bonds. The summed E-state index contributed by atoms with van der Waals surface area (Å²) in [4.78, 5) is 20.3. The smallest absolute Gasteiger partial charge is 0.249 e. The van der Waals surface area contributed by atoms with Crippen LogP contribution in [0.2, 0.25) is 0 Å². The van der Waals surface area contributed by atoms with Crippen LogP contribution in [0.4, 0.5) is 17.3 Å². The van der Waals surface area contributed by atoms with Gasteiger partial charge in [0.1, 0.15) is 23.7 Å². The molecule has 0 saturated heterocycles. The highest BCUT2D eigenvalue weighted by Gasteiger charge is 2.03. The van der Waals surface area contributed by atoms with E-state index in [1.165, 1.54) is 12.4 Å². The topological polar surface area (TPSA) is 76.1 Å². The second-order valence-electron chi connectivity index (χ2n) is 5.60. The van der Waals surface area contributed by atoms with Gasteiger partial charge in [0.05, 0.1) is 6.61 Å². The molecule has 6 nitrogen and oxygen atoms in total. The van der Waals surface area contributed by atoms with Crippen molar-refractivity contribution in [2.24, 2.45) is 0 Å². The molecule has 0 saturated carbocycles. The van der Waals surface area contributed by atoms with E-state index >= 15 is 0 Å². The first-order chi connectivity index (χ1) is 13.2. The van der Waals surface area contributed by atoms with Gasteiger partial charge in [-0.25, -0.2) is 9.97 Å². The fourth-order valence-corrected chi connectivity index (χ4v) is 2.35. The lowest BCUT2D eigenvalue weighted by Crippen LogP contribution is -2.09. The lowest BCUT2D eigenvalue weighted by atomic mass is 10.2. The number of carbonyl (C=O) groups excluding carboxylic acids is 1. The average molecular weight is 360 g/mol. The maximum Gasteiger partial charge on any atom is 0.249 e. The van der Waals surface area contributed by atoms with Gasteiger partial charge in [-0.3, -0.25) is 4.79 Å². The fraction of sp³-hybridized carbons (Fsp3) is 0.0952. The number of hydrogen-bond donors (Lipinski definition) is 2. The van der Waals surface area contributed by atoms with E-state index in [1.54, 1.807) is 12.1 Å². The van der Waals surface area contributed by atoms with Gasteiger partial charge in [-0.05, 0) is 42.8 Å².